The van der Waals surface area contributed by atoms with E-state index in [1.54, 1.807) is 0 Å². The fourth-order valence-electron chi connectivity index (χ4n) is 2.03. The summed E-state index contributed by atoms with van der Waals surface area (Å²) < 4.78 is 5.34. The summed E-state index contributed by atoms with van der Waals surface area (Å²) in [4.78, 5) is 0. The monoisotopic (exact) mass is 269 g/mol. The van der Waals surface area contributed by atoms with Crippen LogP contribution in [0.3, 0.4) is 0 Å². The Labute approximate surface area is 111 Å². The topological polar surface area (TPSA) is 102 Å². The first kappa shape index (κ1) is 14.2. The Balaban J connectivity index is 2.08. The maximum Gasteiger partial charge on any atom is 0.157 e. The fraction of sp³-hybridized carbons (Fsp3) is 0.538. The van der Waals surface area contributed by atoms with Gasteiger partial charge in [-0.25, -0.2) is 0 Å². The summed E-state index contributed by atoms with van der Waals surface area (Å²) in [6.07, 6.45) is -5.77. The van der Waals surface area contributed by atoms with Crippen LogP contribution >= 0.6 is 0 Å². The van der Waals surface area contributed by atoms with Crippen molar-refractivity contribution >= 4 is 5.69 Å². The quantitative estimate of drug-likeness (QED) is 0.493. The second-order valence-corrected chi connectivity index (χ2v) is 4.76. The van der Waals surface area contributed by atoms with Gasteiger partial charge in [-0.15, -0.1) is 0 Å². The Bertz CT molecular complexity index is 408. The van der Waals surface area contributed by atoms with Crippen molar-refractivity contribution in [2.75, 3.05) is 11.9 Å². The average Bonchev–Trinajstić information content (AvgIpc) is 2.42. The molecule has 0 aliphatic carbocycles. The number of rotatable bonds is 3. The number of aryl methyl sites for hydroxylation is 1. The van der Waals surface area contributed by atoms with E-state index in [0.29, 0.717) is 0 Å². The van der Waals surface area contributed by atoms with Crippen molar-refractivity contribution in [1.29, 1.82) is 0 Å². The molecular weight excluding hydrogens is 250 g/mol. The summed E-state index contributed by atoms with van der Waals surface area (Å²) in [5.74, 6) is 0. The molecule has 5 N–H and O–H groups in total. The largest absolute Gasteiger partial charge is 0.394 e. The summed E-state index contributed by atoms with van der Waals surface area (Å²) in [7, 11) is 0. The predicted octanol–water partition coefficient (Wildman–Crippen LogP) is -0.793. The second-order valence-electron chi connectivity index (χ2n) is 4.76. The second kappa shape index (κ2) is 5.85. The molecule has 6 nitrogen and oxygen atoms in total. The van der Waals surface area contributed by atoms with Gasteiger partial charge in [0, 0.05) is 5.69 Å². The normalized spacial score (nSPS) is 35.1. The van der Waals surface area contributed by atoms with E-state index >= 15 is 0 Å². The zero-order valence-electron chi connectivity index (χ0n) is 10.6. The minimum Gasteiger partial charge on any atom is -0.394 e. The highest BCUT2D eigenvalue weighted by Crippen LogP contribution is 2.22. The van der Waals surface area contributed by atoms with Crippen molar-refractivity contribution in [2.45, 2.75) is 37.6 Å². The average molecular weight is 269 g/mol. The maximum absolute atomic E-state index is 9.86. The number of benzene rings is 1. The third-order valence-electron chi connectivity index (χ3n) is 3.25. The Morgan fingerprint density at radius 3 is 2.26 bits per heavy atom. The summed E-state index contributed by atoms with van der Waals surface area (Å²) in [5, 5.41) is 41.2. The van der Waals surface area contributed by atoms with E-state index in [1.165, 1.54) is 0 Å². The SMILES string of the molecule is Cc1ccc(N[C@H]2O[C@@H](CO)[C@@H](O)[C@@H](O)[C@H]2O)cc1. The minimum absolute atomic E-state index is 0.434. The lowest BCUT2D eigenvalue weighted by Crippen LogP contribution is -2.60. The number of anilines is 1. The van der Waals surface area contributed by atoms with Crippen LogP contribution in [0.2, 0.25) is 0 Å². The molecule has 0 saturated carbocycles. The first-order valence-electron chi connectivity index (χ1n) is 6.16. The van der Waals surface area contributed by atoms with Crippen molar-refractivity contribution in [3.8, 4) is 0 Å². The van der Waals surface area contributed by atoms with E-state index in [9.17, 15) is 15.3 Å². The molecule has 1 aliphatic rings. The third-order valence-corrected chi connectivity index (χ3v) is 3.25. The molecule has 106 valence electrons. The van der Waals surface area contributed by atoms with E-state index in [-0.39, 0.29) is 0 Å². The molecule has 1 fully saturated rings. The first-order valence-corrected chi connectivity index (χ1v) is 6.16. The van der Waals surface area contributed by atoms with Gasteiger partial charge in [0.1, 0.15) is 24.4 Å². The molecule has 1 aromatic rings. The van der Waals surface area contributed by atoms with Gasteiger partial charge in [-0.05, 0) is 19.1 Å². The van der Waals surface area contributed by atoms with Crippen LogP contribution < -0.4 is 5.32 Å². The minimum atomic E-state index is -1.37. The van der Waals surface area contributed by atoms with Crippen molar-refractivity contribution in [1.82, 2.24) is 0 Å². The summed E-state index contributed by atoms with van der Waals surface area (Å²) >= 11 is 0. The number of ether oxygens (including phenoxy) is 1. The van der Waals surface area contributed by atoms with Crippen molar-refractivity contribution in [2.24, 2.45) is 0 Å². The standard InChI is InChI=1S/C13H19NO5/c1-7-2-4-8(5-3-7)14-13-12(18)11(17)10(16)9(6-15)19-13/h2-5,9-18H,6H2,1H3/t9-,10+,11+,12+,13-/m0/s1. The van der Waals surface area contributed by atoms with Crippen LogP contribution in [0.1, 0.15) is 5.56 Å². The highest BCUT2D eigenvalue weighted by atomic mass is 16.6. The number of aliphatic hydroxyl groups excluding tert-OH is 4. The van der Waals surface area contributed by atoms with Crippen molar-refractivity contribution in [3.05, 3.63) is 29.8 Å². The van der Waals surface area contributed by atoms with Gasteiger partial charge in [0.05, 0.1) is 6.61 Å². The Kier molecular flexibility index (Phi) is 4.38. The molecule has 0 aromatic heterocycles. The van der Waals surface area contributed by atoms with Gasteiger partial charge in [-0.1, -0.05) is 17.7 Å². The zero-order chi connectivity index (χ0) is 14.0. The molecule has 0 amide bonds. The maximum atomic E-state index is 9.86. The van der Waals surface area contributed by atoms with Crippen LogP contribution in [0.4, 0.5) is 5.69 Å². The van der Waals surface area contributed by atoms with Gasteiger partial charge in [0.2, 0.25) is 0 Å². The molecule has 0 spiro atoms. The van der Waals surface area contributed by atoms with Crippen LogP contribution in [0.5, 0.6) is 0 Å². The number of aliphatic hydroxyl groups is 4. The highest BCUT2D eigenvalue weighted by molar-refractivity contribution is 5.45. The van der Waals surface area contributed by atoms with Crippen molar-refractivity contribution < 1.29 is 25.2 Å². The van der Waals surface area contributed by atoms with Gasteiger partial charge < -0.3 is 30.5 Å². The number of nitrogens with one attached hydrogen (secondary N) is 1. The van der Waals surface area contributed by atoms with E-state index in [0.717, 1.165) is 11.3 Å². The van der Waals surface area contributed by atoms with Crippen LogP contribution in [-0.4, -0.2) is 57.7 Å². The van der Waals surface area contributed by atoms with E-state index in [1.807, 2.05) is 31.2 Å². The lowest BCUT2D eigenvalue weighted by atomic mass is 9.98. The van der Waals surface area contributed by atoms with Gasteiger partial charge in [-0.3, -0.25) is 0 Å². The van der Waals surface area contributed by atoms with Gasteiger partial charge in [-0.2, -0.15) is 0 Å². The molecule has 19 heavy (non-hydrogen) atoms. The van der Waals surface area contributed by atoms with Crippen LogP contribution in [0, 0.1) is 6.92 Å². The Hall–Kier alpha value is -1.18. The third kappa shape index (κ3) is 3.05. The highest BCUT2D eigenvalue weighted by Gasteiger charge is 2.43. The van der Waals surface area contributed by atoms with Gasteiger partial charge in [0.25, 0.3) is 0 Å². The molecule has 1 saturated heterocycles. The van der Waals surface area contributed by atoms with Crippen LogP contribution in [0.15, 0.2) is 24.3 Å². The van der Waals surface area contributed by atoms with Gasteiger partial charge in [0.15, 0.2) is 6.23 Å². The van der Waals surface area contributed by atoms with Gasteiger partial charge >= 0.3 is 0 Å². The van der Waals surface area contributed by atoms with E-state index in [4.69, 9.17) is 9.84 Å². The molecule has 5 atom stereocenters. The molecule has 1 heterocycles. The van der Waals surface area contributed by atoms with Crippen LogP contribution in [-0.2, 0) is 4.74 Å². The smallest absolute Gasteiger partial charge is 0.157 e. The van der Waals surface area contributed by atoms with Crippen LogP contribution in [0.25, 0.3) is 0 Å². The fourth-order valence-corrected chi connectivity index (χ4v) is 2.03. The number of hydrogen-bond donors (Lipinski definition) is 5. The predicted molar refractivity (Wildman–Crippen MR) is 68.6 cm³/mol. The first-order chi connectivity index (χ1) is 9.02. The molecule has 0 bridgehead atoms. The molecule has 0 radical (unpaired) electrons. The lowest BCUT2D eigenvalue weighted by molar-refractivity contribution is -0.221. The summed E-state index contributed by atoms with van der Waals surface area (Å²) in [5.41, 5.74) is 1.81. The van der Waals surface area contributed by atoms with Crippen molar-refractivity contribution in [3.63, 3.8) is 0 Å². The molecule has 0 unspecified atom stereocenters. The summed E-state index contributed by atoms with van der Waals surface area (Å²) in [6, 6.07) is 7.42. The lowest BCUT2D eigenvalue weighted by Gasteiger charge is -2.40. The molecule has 2 rings (SSSR count). The van der Waals surface area contributed by atoms with E-state index in [2.05, 4.69) is 5.32 Å². The van der Waals surface area contributed by atoms with E-state index < -0.39 is 37.3 Å². The number of hydrogen-bond acceptors (Lipinski definition) is 6. The molecule has 6 heteroatoms. The zero-order valence-corrected chi connectivity index (χ0v) is 10.6. The molecular formula is C13H19NO5. The summed E-state index contributed by atoms with van der Waals surface area (Å²) in [6.45, 7) is 1.52. The molecule has 1 aliphatic heterocycles. The molecule has 1 aromatic carbocycles. The Morgan fingerprint density at radius 1 is 1.05 bits per heavy atom. The Morgan fingerprint density at radius 2 is 1.68 bits per heavy atom.